The van der Waals surface area contributed by atoms with Crippen LogP contribution in [0.25, 0.3) is 10.2 Å². The number of fused-ring (bicyclic) bond motifs is 1. The van der Waals surface area contributed by atoms with Crippen LogP contribution in [0, 0.1) is 0 Å². The monoisotopic (exact) mass is 254 g/mol. The van der Waals surface area contributed by atoms with Gasteiger partial charge in [0.2, 0.25) is 0 Å². The van der Waals surface area contributed by atoms with Crippen LogP contribution in [0.1, 0.15) is 20.3 Å². The molecule has 0 saturated carbocycles. The smallest absolute Gasteiger partial charge is 0.183 e. The Morgan fingerprint density at radius 3 is 2.81 bits per heavy atom. The normalized spacial score (nSPS) is 14.9. The highest BCUT2D eigenvalue weighted by Crippen LogP contribution is 2.26. The molecular weight excluding hydrogens is 240 g/mol. The van der Waals surface area contributed by atoms with E-state index in [9.17, 15) is 0 Å². The second-order valence-corrected chi connectivity index (χ2v) is 5.82. The summed E-state index contributed by atoms with van der Waals surface area (Å²) in [6.07, 6.45) is 0.942. The summed E-state index contributed by atoms with van der Waals surface area (Å²) in [5.41, 5.74) is 1.06. The van der Waals surface area contributed by atoms with Crippen LogP contribution in [0.3, 0.4) is 0 Å². The third-order valence-electron chi connectivity index (χ3n) is 2.34. The average molecular weight is 255 g/mol. The van der Waals surface area contributed by atoms with Crippen molar-refractivity contribution in [1.82, 2.24) is 4.98 Å². The van der Waals surface area contributed by atoms with E-state index in [1.807, 2.05) is 25.1 Å². The second-order valence-electron chi connectivity index (χ2n) is 4.05. The minimum absolute atomic E-state index is 0.192. The zero-order chi connectivity index (χ0) is 11.5. The van der Waals surface area contributed by atoms with Crippen LogP contribution in [0.2, 0.25) is 0 Å². The van der Waals surface area contributed by atoms with Crippen molar-refractivity contribution in [3.05, 3.63) is 24.3 Å². The molecule has 1 aromatic heterocycles. The van der Waals surface area contributed by atoms with Gasteiger partial charge in [0.25, 0.3) is 0 Å². The van der Waals surface area contributed by atoms with Gasteiger partial charge in [-0.3, -0.25) is 0 Å². The quantitative estimate of drug-likeness (QED) is 0.831. The minimum Gasteiger partial charge on any atom is -0.359 e. The lowest BCUT2D eigenvalue weighted by molar-refractivity contribution is 0.696. The SMILES string of the molecule is CC(Cl)CC(C)Nc1nc2ccccc2s1. The zero-order valence-electron chi connectivity index (χ0n) is 9.40. The van der Waals surface area contributed by atoms with Crippen molar-refractivity contribution >= 4 is 38.3 Å². The number of alkyl halides is 1. The molecule has 2 nitrogen and oxygen atoms in total. The molecule has 1 N–H and O–H groups in total. The van der Waals surface area contributed by atoms with Gasteiger partial charge >= 0.3 is 0 Å². The van der Waals surface area contributed by atoms with E-state index in [4.69, 9.17) is 11.6 Å². The fourth-order valence-electron chi connectivity index (χ4n) is 1.69. The van der Waals surface area contributed by atoms with Gasteiger partial charge in [-0.15, -0.1) is 11.6 Å². The number of hydrogen-bond donors (Lipinski definition) is 1. The lowest BCUT2D eigenvalue weighted by Gasteiger charge is -2.13. The Morgan fingerprint density at radius 2 is 2.12 bits per heavy atom. The van der Waals surface area contributed by atoms with E-state index in [0.717, 1.165) is 17.1 Å². The van der Waals surface area contributed by atoms with Gasteiger partial charge < -0.3 is 5.32 Å². The number of halogens is 1. The summed E-state index contributed by atoms with van der Waals surface area (Å²) >= 11 is 7.65. The van der Waals surface area contributed by atoms with Crippen LogP contribution in [0.15, 0.2) is 24.3 Å². The van der Waals surface area contributed by atoms with Gasteiger partial charge in [0.1, 0.15) is 0 Å². The first-order chi connectivity index (χ1) is 7.65. The Bertz CT molecular complexity index is 434. The first-order valence-corrected chi connectivity index (χ1v) is 6.66. The highest BCUT2D eigenvalue weighted by atomic mass is 35.5. The van der Waals surface area contributed by atoms with E-state index < -0.39 is 0 Å². The van der Waals surface area contributed by atoms with Crippen molar-refractivity contribution in [2.75, 3.05) is 5.32 Å². The molecule has 0 aliphatic rings. The lowest BCUT2D eigenvalue weighted by Crippen LogP contribution is -2.18. The minimum atomic E-state index is 0.192. The standard InChI is InChI=1S/C12H15ClN2S/c1-8(13)7-9(2)14-12-15-10-5-3-4-6-11(10)16-12/h3-6,8-9H,7H2,1-2H3,(H,14,15). The summed E-state index contributed by atoms with van der Waals surface area (Å²) in [5.74, 6) is 0. The van der Waals surface area contributed by atoms with Crippen molar-refractivity contribution in [3.8, 4) is 0 Å². The van der Waals surface area contributed by atoms with Gasteiger partial charge in [-0.2, -0.15) is 0 Å². The third-order valence-corrected chi connectivity index (χ3v) is 3.49. The van der Waals surface area contributed by atoms with E-state index in [1.165, 1.54) is 4.70 Å². The summed E-state index contributed by atoms with van der Waals surface area (Å²) in [6.45, 7) is 4.14. The number of nitrogens with one attached hydrogen (secondary N) is 1. The molecule has 0 aliphatic carbocycles. The molecular formula is C12H15ClN2S. The number of para-hydroxylation sites is 1. The van der Waals surface area contributed by atoms with Gasteiger partial charge in [0.15, 0.2) is 5.13 Å². The van der Waals surface area contributed by atoms with E-state index in [-0.39, 0.29) is 5.38 Å². The molecule has 86 valence electrons. The van der Waals surface area contributed by atoms with Crippen molar-refractivity contribution in [3.63, 3.8) is 0 Å². The number of aromatic nitrogens is 1. The Labute approximate surface area is 105 Å². The molecule has 0 radical (unpaired) electrons. The number of rotatable bonds is 4. The molecule has 2 atom stereocenters. The predicted molar refractivity (Wildman–Crippen MR) is 72.6 cm³/mol. The fraction of sp³-hybridized carbons (Fsp3) is 0.417. The maximum atomic E-state index is 5.96. The Balaban J connectivity index is 2.09. The number of hydrogen-bond acceptors (Lipinski definition) is 3. The van der Waals surface area contributed by atoms with E-state index in [2.05, 4.69) is 23.3 Å². The highest BCUT2D eigenvalue weighted by molar-refractivity contribution is 7.22. The fourth-order valence-corrected chi connectivity index (χ4v) is 2.94. The zero-order valence-corrected chi connectivity index (χ0v) is 11.0. The van der Waals surface area contributed by atoms with Crippen molar-refractivity contribution in [1.29, 1.82) is 0 Å². The Morgan fingerprint density at radius 1 is 1.38 bits per heavy atom. The van der Waals surface area contributed by atoms with Gasteiger partial charge in [-0.25, -0.2) is 4.98 Å². The molecule has 16 heavy (non-hydrogen) atoms. The van der Waals surface area contributed by atoms with E-state index in [0.29, 0.717) is 6.04 Å². The topological polar surface area (TPSA) is 24.9 Å². The first kappa shape index (κ1) is 11.7. The molecule has 0 aliphatic heterocycles. The van der Waals surface area contributed by atoms with E-state index in [1.54, 1.807) is 11.3 Å². The van der Waals surface area contributed by atoms with Crippen LogP contribution >= 0.6 is 22.9 Å². The average Bonchev–Trinajstić information content (AvgIpc) is 2.57. The second kappa shape index (κ2) is 5.02. The molecule has 2 rings (SSSR count). The molecule has 1 aromatic carbocycles. The summed E-state index contributed by atoms with van der Waals surface area (Å²) < 4.78 is 1.22. The van der Waals surface area contributed by atoms with Crippen LogP contribution < -0.4 is 5.32 Å². The Kier molecular flexibility index (Phi) is 3.66. The van der Waals surface area contributed by atoms with Crippen molar-refractivity contribution in [2.24, 2.45) is 0 Å². The molecule has 0 bridgehead atoms. The number of anilines is 1. The predicted octanol–water partition coefficient (Wildman–Crippen LogP) is 4.11. The summed E-state index contributed by atoms with van der Waals surface area (Å²) in [7, 11) is 0. The van der Waals surface area contributed by atoms with Crippen LogP contribution in [0.5, 0.6) is 0 Å². The summed E-state index contributed by atoms with van der Waals surface area (Å²) in [5, 5.41) is 4.55. The van der Waals surface area contributed by atoms with Crippen molar-refractivity contribution < 1.29 is 0 Å². The largest absolute Gasteiger partial charge is 0.359 e. The van der Waals surface area contributed by atoms with Gasteiger partial charge in [-0.05, 0) is 32.4 Å². The molecule has 0 amide bonds. The first-order valence-electron chi connectivity index (χ1n) is 5.41. The highest BCUT2D eigenvalue weighted by Gasteiger charge is 2.09. The maximum Gasteiger partial charge on any atom is 0.183 e. The van der Waals surface area contributed by atoms with Crippen LogP contribution in [-0.2, 0) is 0 Å². The summed E-state index contributed by atoms with van der Waals surface area (Å²) in [6, 6.07) is 8.52. The van der Waals surface area contributed by atoms with Crippen molar-refractivity contribution in [2.45, 2.75) is 31.7 Å². The van der Waals surface area contributed by atoms with Crippen LogP contribution in [-0.4, -0.2) is 16.4 Å². The molecule has 0 fully saturated rings. The number of benzene rings is 1. The lowest BCUT2D eigenvalue weighted by atomic mass is 10.2. The third kappa shape index (κ3) is 2.86. The maximum absolute atomic E-state index is 5.96. The van der Waals surface area contributed by atoms with E-state index >= 15 is 0 Å². The van der Waals surface area contributed by atoms with Gasteiger partial charge in [-0.1, -0.05) is 23.5 Å². The molecule has 4 heteroatoms. The van der Waals surface area contributed by atoms with Crippen LogP contribution in [0.4, 0.5) is 5.13 Å². The molecule has 0 spiro atoms. The number of thiazole rings is 1. The molecule has 2 unspecified atom stereocenters. The molecule has 1 heterocycles. The van der Waals surface area contributed by atoms with Gasteiger partial charge in [0, 0.05) is 11.4 Å². The van der Waals surface area contributed by atoms with Gasteiger partial charge in [0.05, 0.1) is 10.2 Å². The molecule has 2 aromatic rings. The Hall–Kier alpha value is -0.800. The number of nitrogens with zero attached hydrogens (tertiary/aromatic N) is 1. The molecule has 0 saturated heterocycles. The summed E-state index contributed by atoms with van der Waals surface area (Å²) in [4.78, 5) is 4.52.